The molecule has 8 aromatic rings. The van der Waals surface area contributed by atoms with Crippen molar-refractivity contribution in [2.24, 2.45) is 0 Å². The van der Waals surface area contributed by atoms with Gasteiger partial charge >= 0.3 is 7.60 Å². The normalized spacial score (nSPS) is 12.3. The highest BCUT2D eigenvalue weighted by molar-refractivity contribution is 7.60. The van der Waals surface area contributed by atoms with E-state index in [1.807, 2.05) is 36.5 Å². The summed E-state index contributed by atoms with van der Waals surface area (Å²) in [7, 11) is -4.48. The summed E-state index contributed by atoms with van der Waals surface area (Å²) in [6.07, 6.45) is 11.9. The van der Waals surface area contributed by atoms with E-state index in [4.69, 9.17) is 15.0 Å². The number of nitrogens with zero attached hydrogens (tertiary/aromatic N) is 4. The highest BCUT2D eigenvalue weighted by atomic mass is 31.2. The Labute approximate surface area is 371 Å². The molecule has 2 aliphatic heterocycles. The Morgan fingerprint density at radius 3 is 1.30 bits per heavy atom. The number of H-pyrrole nitrogens is 2. The summed E-state index contributed by atoms with van der Waals surface area (Å²) in [4.78, 5) is 48.1. The Balaban J connectivity index is 1.36. The maximum absolute atomic E-state index is 12.3. The first-order valence-electron chi connectivity index (χ1n) is 21.2. The molecule has 0 saturated carbocycles. The predicted octanol–water partition coefficient (Wildman–Crippen LogP) is 12.4. The summed E-state index contributed by atoms with van der Waals surface area (Å²) in [5, 5.41) is -0.0491. The molecule has 10 heteroatoms. The van der Waals surface area contributed by atoms with Crippen molar-refractivity contribution < 1.29 is 14.4 Å². The SMILES string of the molecule is Cc1cc(C)c(-c2c3nc(c(-c4ccc(-c5ccccn5)nc4)c4ccc([nH]4)c(-c4c(C)cc(C)cc4C)c4nc(c(-c5ccc(P(=O)(O)O)cc5)c5ccc2[nH]5)C=C4)C=C3)c(C)c1. The molecule has 10 rings (SSSR count). The number of aromatic amines is 2. The van der Waals surface area contributed by atoms with Crippen LogP contribution in [0, 0.1) is 41.5 Å². The van der Waals surface area contributed by atoms with Crippen molar-refractivity contribution in [3.63, 3.8) is 0 Å². The summed E-state index contributed by atoms with van der Waals surface area (Å²) < 4.78 is 12.3. The average molecular weight is 857 g/mol. The first-order chi connectivity index (χ1) is 30.8. The van der Waals surface area contributed by atoms with Crippen LogP contribution >= 0.6 is 7.60 Å². The van der Waals surface area contributed by atoms with E-state index in [0.29, 0.717) is 5.69 Å². The van der Waals surface area contributed by atoms with Gasteiger partial charge in [0, 0.05) is 62.3 Å². The molecule has 0 spiro atoms. The van der Waals surface area contributed by atoms with E-state index in [1.165, 1.54) is 23.3 Å². The highest BCUT2D eigenvalue weighted by Crippen LogP contribution is 2.42. The molecule has 9 nitrogen and oxygen atoms in total. The molecule has 0 unspecified atom stereocenters. The molecule has 0 radical (unpaired) electrons. The number of fused-ring (bicyclic) bond motifs is 8. The lowest BCUT2D eigenvalue weighted by atomic mass is 9.92. The molecule has 7 heterocycles. The molecule has 64 heavy (non-hydrogen) atoms. The molecular formula is C54H45N6O3P. The van der Waals surface area contributed by atoms with Crippen molar-refractivity contribution in [1.82, 2.24) is 29.9 Å². The zero-order chi connectivity index (χ0) is 44.4. The molecular weight excluding hydrogens is 812 g/mol. The Kier molecular flexibility index (Phi) is 10.1. The predicted molar refractivity (Wildman–Crippen MR) is 262 cm³/mol. The molecule has 0 amide bonds. The molecule has 314 valence electrons. The molecule has 0 fully saturated rings. The number of aromatic nitrogens is 6. The van der Waals surface area contributed by atoms with Crippen LogP contribution in [0.25, 0.3) is 102 Å². The summed E-state index contributed by atoms with van der Waals surface area (Å²) in [5.74, 6) is 0. The van der Waals surface area contributed by atoms with Crippen molar-refractivity contribution in [1.29, 1.82) is 0 Å². The summed E-state index contributed by atoms with van der Waals surface area (Å²) >= 11 is 0. The Morgan fingerprint density at radius 1 is 0.453 bits per heavy atom. The minimum Gasteiger partial charge on any atom is -0.354 e. The number of hydrogen-bond acceptors (Lipinski definition) is 5. The van der Waals surface area contributed by atoms with Gasteiger partial charge < -0.3 is 19.8 Å². The lowest BCUT2D eigenvalue weighted by Gasteiger charge is -2.13. The van der Waals surface area contributed by atoms with Crippen molar-refractivity contribution in [3.05, 3.63) is 172 Å². The maximum Gasteiger partial charge on any atom is 0.356 e. The third kappa shape index (κ3) is 7.33. The smallest absolute Gasteiger partial charge is 0.354 e. The Hall–Kier alpha value is -7.29. The summed E-state index contributed by atoms with van der Waals surface area (Å²) in [6, 6.07) is 33.6. The van der Waals surface area contributed by atoms with E-state index in [-0.39, 0.29) is 5.30 Å². The van der Waals surface area contributed by atoms with Gasteiger partial charge in [-0.3, -0.25) is 14.5 Å². The molecule has 0 aliphatic carbocycles. The van der Waals surface area contributed by atoms with Crippen LogP contribution in [-0.2, 0) is 4.57 Å². The van der Waals surface area contributed by atoms with Gasteiger partial charge in [0.05, 0.1) is 39.5 Å². The molecule has 3 aromatic carbocycles. The third-order valence-corrected chi connectivity index (χ3v) is 13.1. The number of hydrogen-bond donors (Lipinski definition) is 4. The van der Waals surface area contributed by atoms with Crippen LogP contribution in [0.4, 0.5) is 0 Å². The maximum atomic E-state index is 12.3. The fraction of sp³-hybridized carbons (Fsp3) is 0.111. The van der Waals surface area contributed by atoms with Crippen LogP contribution in [0.1, 0.15) is 56.2 Å². The van der Waals surface area contributed by atoms with Crippen molar-refractivity contribution in [2.75, 3.05) is 0 Å². The minimum absolute atomic E-state index is 0.0491. The van der Waals surface area contributed by atoms with Crippen LogP contribution in [0.5, 0.6) is 0 Å². The topological polar surface area (TPSA) is 141 Å². The van der Waals surface area contributed by atoms with Crippen LogP contribution in [0.2, 0.25) is 0 Å². The number of aryl methyl sites for hydroxylation is 6. The van der Waals surface area contributed by atoms with E-state index < -0.39 is 7.60 Å². The van der Waals surface area contributed by atoms with Gasteiger partial charge in [0.2, 0.25) is 0 Å². The monoisotopic (exact) mass is 856 g/mol. The van der Waals surface area contributed by atoms with E-state index in [9.17, 15) is 14.4 Å². The van der Waals surface area contributed by atoms with Gasteiger partial charge in [-0.2, -0.15) is 0 Å². The summed E-state index contributed by atoms with van der Waals surface area (Å²) in [6.45, 7) is 12.8. The van der Waals surface area contributed by atoms with Gasteiger partial charge in [0.25, 0.3) is 0 Å². The molecule has 2 aliphatic rings. The second-order valence-corrected chi connectivity index (χ2v) is 18.4. The van der Waals surface area contributed by atoms with Crippen molar-refractivity contribution in [2.45, 2.75) is 41.5 Å². The lowest BCUT2D eigenvalue weighted by Crippen LogP contribution is -2.02. The highest BCUT2D eigenvalue weighted by Gasteiger charge is 2.23. The van der Waals surface area contributed by atoms with E-state index in [1.54, 1.807) is 18.3 Å². The number of rotatable bonds is 6. The fourth-order valence-corrected chi connectivity index (χ4v) is 10.1. The van der Waals surface area contributed by atoms with Crippen molar-refractivity contribution in [3.8, 4) is 55.9 Å². The average Bonchev–Trinajstić information content (AvgIpc) is 4.11. The molecule has 5 aromatic heterocycles. The number of benzene rings is 3. The molecule has 4 N–H and O–H groups in total. The first-order valence-corrected chi connectivity index (χ1v) is 22.8. The largest absolute Gasteiger partial charge is 0.356 e. The van der Waals surface area contributed by atoms with Crippen LogP contribution < -0.4 is 5.30 Å². The standard InChI is InChI=1S/C54H45N6O3P/c1-30-25-32(3)49(33(4)26-30)53-45-20-16-41(57-45)51(36-10-13-38(14-11-36)64(61,62)63)42-17-21-46(58-42)54(50-34(5)27-31(2)28-35(50)6)48-23-19-44(60-48)52(43-18-22-47(53)59-43)37-12-15-40(56-29-37)39-9-7-8-24-55-39/h7-29,57,60H,1-6H3,(H2,61,62,63). The minimum atomic E-state index is -4.48. The quantitative estimate of drug-likeness (QED) is 0.122. The molecule has 0 saturated heterocycles. The van der Waals surface area contributed by atoms with Gasteiger partial charge in [-0.25, -0.2) is 9.97 Å². The van der Waals surface area contributed by atoms with E-state index in [2.05, 4.69) is 129 Å². The second kappa shape index (κ2) is 15.8. The number of pyridine rings is 2. The van der Waals surface area contributed by atoms with E-state index in [0.717, 1.165) is 117 Å². The van der Waals surface area contributed by atoms with Gasteiger partial charge in [-0.15, -0.1) is 0 Å². The Morgan fingerprint density at radius 2 is 0.875 bits per heavy atom. The molecule has 8 bridgehead atoms. The zero-order valence-corrected chi connectivity index (χ0v) is 37.2. The Bertz CT molecular complexity index is 3380. The second-order valence-electron chi connectivity index (χ2n) is 16.8. The van der Waals surface area contributed by atoms with Gasteiger partial charge in [-0.1, -0.05) is 59.7 Å². The summed E-state index contributed by atoms with van der Waals surface area (Å²) in [5.41, 5.74) is 22.3. The fourth-order valence-electron chi connectivity index (χ4n) is 9.52. The van der Waals surface area contributed by atoms with Gasteiger partial charge in [0.15, 0.2) is 0 Å². The third-order valence-electron chi connectivity index (χ3n) is 12.1. The number of nitrogens with one attached hydrogen (secondary N) is 2. The lowest BCUT2D eigenvalue weighted by molar-refractivity contribution is 0.387. The van der Waals surface area contributed by atoms with Gasteiger partial charge in [0.1, 0.15) is 0 Å². The van der Waals surface area contributed by atoms with Crippen LogP contribution in [-0.4, -0.2) is 39.7 Å². The first kappa shape index (κ1) is 40.8. The molecule has 0 atom stereocenters. The zero-order valence-electron chi connectivity index (χ0n) is 36.3. The van der Waals surface area contributed by atoms with Crippen LogP contribution in [0.3, 0.4) is 0 Å². The van der Waals surface area contributed by atoms with E-state index >= 15 is 0 Å². The van der Waals surface area contributed by atoms with Crippen LogP contribution in [0.15, 0.2) is 116 Å². The van der Waals surface area contributed by atoms with Crippen molar-refractivity contribution >= 4 is 59.3 Å². The van der Waals surface area contributed by atoms with Gasteiger partial charge in [-0.05, 0) is 159 Å².